The average molecular weight is 335 g/mol. The van der Waals surface area contributed by atoms with Crippen molar-refractivity contribution in [3.8, 4) is 11.9 Å². The quantitative estimate of drug-likeness (QED) is 0.708. The molecule has 3 aromatic rings. The van der Waals surface area contributed by atoms with E-state index in [1.54, 1.807) is 24.3 Å². The van der Waals surface area contributed by atoms with Crippen LogP contribution in [0.4, 0.5) is 0 Å². The van der Waals surface area contributed by atoms with E-state index in [0.29, 0.717) is 16.9 Å². The zero-order valence-corrected chi connectivity index (χ0v) is 13.0. The molecule has 3 rings (SSSR count). The highest BCUT2D eigenvalue weighted by atomic mass is 16.2. The van der Waals surface area contributed by atoms with E-state index in [1.807, 2.05) is 6.07 Å². The molecule has 25 heavy (non-hydrogen) atoms. The maximum absolute atomic E-state index is 12.1. The Kier molecular flexibility index (Phi) is 4.62. The molecule has 0 saturated carbocycles. The highest BCUT2D eigenvalue weighted by Crippen LogP contribution is 2.03. The van der Waals surface area contributed by atoms with Gasteiger partial charge in [-0.25, -0.2) is 14.3 Å². The van der Waals surface area contributed by atoms with Crippen LogP contribution in [-0.4, -0.2) is 37.0 Å². The zero-order chi connectivity index (χ0) is 17.6. The van der Waals surface area contributed by atoms with Crippen LogP contribution >= 0.6 is 0 Å². The number of amides is 1. The normalized spacial score (nSPS) is 10.2. The molecule has 0 fully saturated rings. The number of hydrogen-bond donors (Lipinski definition) is 1. The van der Waals surface area contributed by atoms with Crippen LogP contribution in [-0.2, 0) is 6.54 Å². The molecule has 0 bridgehead atoms. The summed E-state index contributed by atoms with van der Waals surface area (Å²) in [5, 5.41) is 19.7. The van der Waals surface area contributed by atoms with Gasteiger partial charge in [0.05, 0.1) is 18.2 Å². The van der Waals surface area contributed by atoms with Crippen molar-refractivity contribution in [3.63, 3.8) is 0 Å². The summed E-state index contributed by atoms with van der Waals surface area (Å²) in [5.74, 6) is 0.128. The minimum atomic E-state index is -0.322. The molecule has 0 aliphatic heterocycles. The predicted octanol–water partition coefficient (Wildman–Crippen LogP) is 0.126. The Morgan fingerprint density at radius 2 is 2.16 bits per heavy atom. The first-order valence-corrected chi connectivity index (χ1v) is 7.39. The molecule has 1 N–H and O–H groups in total. The summed E-state index contributed by atoms with van der Waals surface area (Å²) in [6, 6.07) is 11.3. The molecule has 9 heteroatoms. The van der Waals surface area contributed by atoms with Gasteiger partial charge in [0.2, 0.25) is 0 Å². The van der Waals surface area contributed by atoms with Crippen LogP contribution in [0.1, 0.15) is 15.9 Å². The lowest BCUT2D eigenvalue weighted by Crippen LogP contribution is -2.32. The molecule has 2 aromatic heterocycles. The van der Waals surface area contributed by atoms with E-state index < -0.39 is 0 Å². The van der Waals surface area contributed by atoms with Crippen molar-refractivity contribution < 1.29 is 4.79 Å². The summed E-state index contributed by atoms with van der Waals surface area (Å²) in [6.07, 6.45) is 2.84. The van der Waals surface area contributed by atoms with Crippen molar-refractivity contribution in [3.05, 3.63) is 70.5 Å². The van der Waals surface area contributed by atoms with Gasteiger partial charge < -0.3 is 5.32 Å². The Balaban J connectivity index is 1.66. The second-order valence-corrected chi connectivity index (χ2v) is 5.04. The fraction of sp³-hybridized carbons (Fsp3) is 0.125. The van der Waals surface area contributed by atoms with E-state index in [0.717, 1.165) is 0 Å². The van der Waals surface area contributed by atoms with Crippen LogP contribution in [0.2, 0.25) is 0 Å². The minimum absolute atomic E-state index is 0.199. The summed E-state index contributed by atoms with van der Waals surface area (Å²) in [6.45, 7) is 0.411. The van der Waals surface area contributed by atoms with Gasteiger partial charge in [-0.15, -0.1) is 5.10 Å². The van der Waals surface area contributed by atoms with Crippen LogP contribution < -0.4 is 10.9 Å². The maximum Gasteiger partial charge on any atom is 0.266 e. The SMILES string of the molecule is N#Cc1cccc(C(=O)NCCn2nc(-n3cncn3)ccc2=O)c1. The van der Waals surface area contributed by atoms with Crippen LogP contribution in [0.3, 0.4) is 0 Å². The van der Waals surface area contributed by atoms with Crippen molar-refractivity contribution >= 4 is 5.91 Å². The lowest BCUT2D eigenvalue weighted by molar-refractivity contribution is 0.0951. The Hall–Kier alpha value is -3.80. The Bertz CT molecular complexity index is 986. The molecule has 124 valence electrons. The monoisotopic (exact) mass is 335 g/mol. The summed E-state index contributed by atoms with van der Waals surface area (Å²) in [7, 11) is 0. The molecule has 2 heterocycles. The topological polar surface area (TPSA) is 118 Å². The molecule has 1 amide bonds. The third-order valence-electron chi connectivity index (χ3n) is 3.37. The van der Waals surface area contributed by atoms with E-state index in [-0.39, 0.29) is 24.6 Å². The number of nitrogens with zero attached hydrogens (tertiary/aromatic N) is 6. The molecule has 0 unspecified atom stereocenters. The Morgan fingerprint density at radius 1 is 1.28 bits per heavy atom. The van der Waals surface area contributed by atoms with E-state index in [2.05, 4.69) is 20.5 Å². The van der Waals surface area contributed by atoms with Gasteiger partial charge in [0.15, 0.2) is 5.82 Å². The fourth-order valence-corrected chi connectivity index (χ4v) is 2.15. The Morgan fingerprint density at radius 3 is 2.92 bits per heavy atom. The van der Waals surface area contributed by atoms with Gasteiger partial charge in [0, 0.05) is 18.2 Å². The molecule has 0 aliphatic rings. The molecular weight excluding hydrogens is 322 g/mol. The number of nitrogens with one attached hydrogen (secondary N) is 1. The summed E-state index contributed by atoms with van der Waals surface area (Å²) in [4.78, 5) is 27.8. The number of benzene rings is 1. The van der Waals surface area contributed by atoms with Crippen LogP contribution in [0.15, 0.2) is 53.8 Å². The molecule has 0 aliphatic carbocycles. The standard InChI is InChI=1S/C16H13N7O2/c17-9-12-2-1-3-13(8-12)16(25)19-6-7-22-15(24)5-4-14(21-22)23-11-18-10-20-23/h1-5,8,10-11H,6-7H2,(H,19,25). The van der Waals surface area contributed by atoms with Crippen LogP contribution in [0.25, 0.3) is 5.82 Å². The van der Waals surface area contributed by atoms with Crippen molar-refractivity contribution in [1.29, 1.82) is 5.26 Å². The Labute approximate surface area is 142 Å². The largest absolute Gasteiger partial charge is 0.350 e. The second-order valence-electron chi connectivity index (χ2n) is 5.04. The number of nitriles is 1. The van der Waals surface area contributed by atoms with Crippen molar-refractivity contribution in [1.82, 2.24) is 29.9 Å². The van der Waals surface area contributed by atoms with Gasteiger partial charge in [0.1, 0.15) is 12.7 Å². The highest BCUT2D eigenvalue weighted by Gasteiger charge is 2.07. The van der Waals surface area contributed by atoms with E-state index in [1.165, 1.54) is 34.2 Å². The van der Waals surface area contributed by atoms with Gasteiger partial charge in [0.25, 0.3) is 11.5 Å². The van der Waals surface area contributed by atoms with Gasteiger partial charge in [-0.2, -0.15) is 10.4 Å². The third kappa shape index (κ3) is 3.76. The van der Waals surface area contributed by atoms with E-state index >= 15 is 0 Å². The molecule has 0 radical (unpaired) electrons. The van der Waals surface area contributed by atoms with Gasteiger partial charge in [-0.05, 0) is 24.3 Å². The van der Waals surface area contributed by atoms with Gasteiger partial charge in [-0.3, -0.25) is 9.59 Å². The first kappa shape index (κ1) is 16.1. The first-order valence-electron chi connectivity index (χ1n) is 7.39. The number of hydrogen-bond acceptors (Lipinski definition) is 6. The summed E-state index contributed by atoms with van der Waals surface area (Å²) < 4.78 is 2.67. The molecule has 9 nitrogen and oxygen atoms in total. The second kappa shape index (κ2) is 7.18. The molecule has 1 aromatic carbocycles. The number of carbonyl (C=O) groups is 1. The highest BCUT2D eigenvalue weighted by molar-refractivity contribution is 5.94. The number of carbonyl (C=O) groups excluding carboxylic acids is 1. The van der Waals surface area contributed by atoms with E-state index in [4.69, 9.17) is 5.26 Å². The first-order chi connectivity index (χ1) is 12.2. The molecular formula is C16H13N7O2. The van der Waals surface area contributed by atoms with E-state index in [9.17, 15) is 9.59 Å². The molecule has 0 saturated heterocycles. The fourth-order valence-electron chi connectivity index (χ4n) is 2.15. The van der Waals surface area contributed by atoms with Crippen LogP contribution in [0.5, 0.6) is 0 Å². The third-order valence-corrected chi connectivity index (χ3v) is 3.37. The minimum Gasteiger partial charge on any atom is -0.350 e. The van der Waals surface area contributed by atoms with Crippen molar-refractivity contribution in [2.45, 2.75) is 6.54 Å². The van der Waals surface area contributed by atoms with Crippen LogP contribution in [0, 0.1) is 11.3 Å². The predicted molar refractivity (Wildman–Crippen MR) is 86.9 cm³/mol. The lowest BCUT2D eigenvalue weighted by Gasteiger charge is -2.08. The number of rotatable bonds is 5. The molecule has 0 atom stereocenters. The van der Waals surface area contributed by atoms with Crippen molar-refractivity contribution in [2.75, 3.05) is 6.54 Å². The van der Waals surface area contributed by atoms with Gasteiger partial charge in [-0.1, -0.05) is 6.07 Å². The summed E-state index contributed by atoms with van der Waals surface area (Å²) >= 11 is 0. The smallest absolute Gasteiger partial charge is 0.266 e. The summed E-state index contributed by atoms with van der Waals surface area (Å²) in [5.41, 5.74) is 0.506. The molecule has 0 spiro atoms. The maximum atomic E-state index is 12.1. The zero-order valence-electron chi connectivity index (χ0n) is 13.0. The number of aromatic nitrogens is 5. The lowest BCUT2D eigenvalue weighted by atomic mass is 10.1. The van der Waals surface area contributed by atoms with Gasteiger partial charge >= 0.3 is 0 Å². The van der Waals surface area contributed by atoms with Crippen molar-refractivity contribution in [2.24, 2.45) is 0 Å². The average Bonchev–Trinajstić information content (AvgIpc) is 3.18.